The van der Waals surface area contributed by atoms with Gasteiger partial charge in [-0.2, -0.15) is 0 Å². The number of hydrogen-bond acceptors (Lipinski definition) is 4. The molecular formula is C27H34N4O3. The Bertz CT molecular complexity index is 991. The lowest BCUT2D eigenvalue weighted by Crippen LogP contribution is -2.35. The summed E-state index contributed by atoms with van der Waals surface area (Å²) in [5.74, 6) is -0.109. The molecule has 2 aromatic rings. The topological polar surface area (TPSA) is 81.8 Å². The molecule has 2 N–H and O–H groups in total. The molecule has 0 radical (unpaired) electrons. The van der Waals surface area contributed by atoms with Crippen molar-refractivity contribution in [3.05, 3.63) is 59.7 Å². The van der Waals surface area contributed by atoms with Crippen LogP contribution in [-0.4, -0.2) is 60.2 Å². The molecule has 4 rings (SSSR count). The number of nitrogens with one attached hydrogen (secondary N) is 2. The fourth-order valence-electron chi connectivity index (χ4n) is 4.58. The van der Waals surface area contributed by atoms with E-state index >= 15 is 0 Å². The van der Waals surface area contributed by atoms with Crippen LogP contribution >= 0.6 is 0 Å². The summed E-state index contributed by atoms with van der Waals surface area (Å²) in [5.41, 5.74) is 2.65. The molecule has 2 aliphatic rings. The highest BCUT2D eigenvalue weighted by molar-refractivity contribution is 5.98. The number of nitrogens with zero attached hydrogens (tertiary/aromatic N) is 2. The maximum absolute atomic E-state index is 12.9. The third-order valence-electron chi connectivity index (χ3n) is 6.51. The fraction of sp³-hybridized carbons (Fsp3) is 0.444. The molecule has 2 heterocycles. The smallest absolute Gasteiger partial charge is 0.253 e. The first kappa shape index (κ1) is 23.8. The van der Waals surface area contributed by atoms with Gasteiger partial charge >= 0.3 is 0 Å². The summed E-state index contributed by atoms with van der Waals surface area (Å²) < 4.78 is 0. The largest absolute Gasteiger partial charge is 0.376 e. The van der Waals surface area contributed by atoms with Gasteiger partial charge in [-0.05, 0) is 74.6 Å². The van der Waals surface area contributed by atoms with E-state index < -0.39 is 0 Å². The minimum absolute atomic E-state index is 0.0234. The predicted molar refractivity (Wildman–Crippen MR) is 134 cm³/mol. The molecule has 0 aliphatic carbocycles. The van der Waals surface area contributed by atoms with E-state index in [9.17, 15) is 14.4 Å². The quantitative estimate of drug-likeness (QED) is 0.668. The van der Waals surface area contributed by atoms with E-state index in [1.54, 1.807) is 36.4 Å². The molecule has 0 aromatic heterocycles. The first-order chi connectivity index (χ1) is 16.6. The molecule has 3 amide bonds. The second-order valence-electron chi connectivity index (χ2n) is 9.12. The van der Waals surface area contributed by atoms with Crippen molar-refractivity contribution in [3.8, 4) is 0 Å². The molecule has 2 aromatic carbocycles. The molecule has 2 aliphatic heterocycles. The van der Waals surface area contributed by atoms with Crippen LogP contribution < -0.4 is 10.6 Å². The lowest BCUT2D eigenvalue weighted by atomic mass is 10.1. The van der Waals surface area contributed by atoms with E-state index in [1.165, 1.54) is 19.3 Å². The minimum atomic E-state index is -0.201. The number of anilines is 2. The van der Waals surface area contributed by atoms with Gasteiger partial charge in [0.05, 0.1) is 6.54 Å². The zero-order valence-electron chi connectivity index (χ0n) is 19.7. The second kappa shape index (κ2) is 11.7. The Balaban J connectivity index is 1.28. The molecule has 0 bridgehead atoms. The molecule has 7 heteroatoms. The number of rotatable bonds is 6. The summed E-state index contributed by atoms with van der Waals surface area (Å²) >= 11 is 0. The number of hydrogen-bond donors (Lipinski definition) is 2. The van der Waals surface area contributed by atoms with E-state index in [0.29, 0.717) is 16.8 Å². The SMILES string of the molecule is O=C(CNc1ccc(C(=O)N2CCCCC2)cc1)Nc1cccc(C(=O)N2CCCCCC2)c1. The first-order valence-corrected chi connectivity index (χ1v) is 12.4. The van der Waals surface area contributed by atoms with Crippen LogP contribution in [0.5, 0.6) is 0 Å². The van der Waals surface area contributed by atoms with Gasteiger partial charge in [0, 0.05) is 48.7 Å². The molecular weight excluding hydrogens is 428 g/mol. The summed E-state index contributed by atoms with van der Waals surface area (Å²) in [7, 11) is 0. The van der Waals surface area contributed by atoms with Crippen molar-refractivity contribution >= 4 is 29.1 Å². The van der Waals surface area contributed by atoms with E-state index in [1.807, 2.05) is 21.9 Å². The van der Waals surface area contributed by atoms with Crippen molar-refractivity contribution in [2.75, 3.05) is 43.4 Å². The molecule has 7 nitrogen and oxygen atoms in total. The fourth-order valence-corrected chi connectivity index (χ4v) is 4.58. The maximum atomic E-state index is 12.9. The standard InChI is InChI=1S/C27H34N4O3/c32-25(20-28-23-13-11-21(12-14-23)26(33)30-17-6-3-7-18-30)29-24-10-8-9-22(19-24)27(34)31-15-4-1-2-5-16-31/h8-14,19,28H,1-7,15-18,20H2,(H,29,32). The summed E-state index contributed by atoms with van der Waals surface area (Å²) in [5, 5.41) is 5.96. The lowest BCUT2D eigenvalue weighted by Gasteiger charge is -2.26. The van der Waals surface area contributed by atoms with Crippen LogP contribution in [-0.2, 0) is 4.79 Å². The normalized spacial score (nSPS) is 16.5. The van der Waals surface area contributed by atoms with Crippen LogP contribution in [0.2, 0.25) is 0 Å². The second-order valence-corrected chi connectivity index (χ2v) is 9.12. The number of benzene rings is 2. The number of carbonyl (C=O) groups excluding carboxylic acids is 3. The Morgan fingerprint density at radius 1 is 0.647 bits per heavy atom. The molecule has 0 spiro atoms. The van der Waals surface area contributed by atoms with Crippen molar-refractivity contribution in [2.24, 2.45) is 0 Å². The van der Waals surface area contributed by atoms with E-state index in [2.05, 4.69) is 10.6 Å². The van der Waals surface area contributed by atoms with E-state index in [-0.39, 0.29) is 24.3 Å². The van der Waals surface area contributed by atoms with Gasteiger partial charge in [-0.15, -0.1) is 0 Å². The Labute approximate surface area is 201 Å². The average molecular weight is 463 g/mol. The highest BCUT2D eigenvalue weighted by Gasteiger charge is 2.19. The van der Waals surface area contributed by atoms with Crippen LogP contribution in [0.15, 0.2) is 48.5 Å². The van der Waals surface area contributed by atoms with Crippen LogP contribution in [0.25, 0.3) is 0 Å². The van der Waals surface area contributed by atoms with Gasteiger partial charge in [0.2, 0.25) is 5.91 Å². The zero-order valence-corrected chi connectivity index (χ0v) is 19.7. The van der Waals surface area contributed by atoms with Gasteiger partial charge in [-0.25, -0.2) is 0 Å². The minimum Gasteiger partial charge on any atom is -0.376 e. The molecule has 180 valence electrons. The molecule has 0 saturated carbocycles. The molecule has 2 saturated heterocycles. The van der Waals surface area contributed by atoms with Crippen molar-refractivity contribution in [1.29, 1.82) is 0 Å². The number of likely N-dealkylation sites (tertiary alicyclic amines) is 2. The molecule has 0 unspecified atom stereocenters. The summed E-state index contributed by atoms with van der Waals surface area (Å²) in [6, 6.07) is 14.4. The first-order valence-electron chi connectivity index (χ1n) is 12.4. The number of amides is 3. The third-order valence-corrected chi connectivity index (χ3v) is 6.51. The molecule has 34 heavy (non-hydrogen) atoms. The van der Waals surface area contributed by atoms with Crippen LogP contribution in [0.4, 0.5) is 11.4 Å². The van der Waals surface area contributed by atoms with Gasteiger partial charge in [0.25, 0.3) is 11.8 Å². The lowest BCUT2D eigenvalue weighted by molar-refractivity contribution is -0.114. The Morgan fingerprint density at radius 2 is 1.21 bits per heavy atom. The summed E-state index contributed by atoms with van der Waals surface area (Å²) in [4.78, 5) is 41.7. The third kappa shape index (κ3) is 6.37. The highest BCUT2D eigenvalue weighted by Crippen LogP contribution is 2.18. The van der Waals surface area contributed by atoms with Crippen molar-refractivity contribution in [3.63, 3.8) is 0 Å². The van der Waals surface area contributed by atoms with Crippen LogP contribution in [0, 0.1) is 0 Å². The van der Waals surface area contributed by atoms with Crippen LogP contribution in [0.3, 0.4) is 0 Å². The Morgan fingerprint density at radius 3 is 1.82 bits per heavy atom. The Hall–Kier alpha value is -3.35. The van der Waals surface area contributed by atoms with Gasteiger partial charge in [-0.3, -0.25) is 14.4 Å². The summed E-state index contributed by atoms with van der Waals surface area (Å²) in [6.45, 7) is 3.32. The van der Waals surface area contributed by atoms with Crippen molar-refractivity contribution < 1.29 is 14.4 Å². The van der Waals surface area contributed by atoms with Gasteiger partial charge in [0.15, 0.2) is 0 Å². The van der Waals surface area contributed by atoms with Crippen LogP contribution in [0.1, 0.15) is 65.7 Å². The number of piperidine rings is 1. The van der Waals surface area contributed by atoms with E-state index in [0.717, 1.165) is 57.5 Å². The Kier molecular flexibility index (Phi) is 8.17. The van der Waals surface area contributed by atoms with Crippen molar-refractivity contribution in [1.82, 2.24) is 9.80 Å². The monoisotopic (exact) mass is 462 g/mol. The van der Waals surface area contributed by atoms with E-state index in [4.69, 9.17) is 0 Å². The molecule has 0 atom stereocenters. The summed E-state index contributed by atoms with van der Waals surface area (Å²) in [6.07, 6.45) is 7.75. The maximum Gasteiger partial charge on any atom is 0.253 e. The zero-order chi connectivity index (χ0) is 23.8. The van der Waals surface area contributed by atoms with Gasteiger partial charge in [-0.1, -0.05) is 18.9 Å². The van der Waals surface area contributed by atoms with Gasteiger partial charge < -0.3 is 20.4 Å². The molecule has 2 fully saturated rings. The average Bonchev–Trinajstić information content (AvgIpc) is 3.17. The highest BCUT2D eigenvalue weighted by atomic mass is 16.2. The number of carbonyl (C=O) groups is 3. The van der Waals surface area contributed by atoms with Gasteiger partial charge in [0.1, 0.15) is 0 Å². The van der Waals surface area contributed by atoms with Crippen molar-refractivity contribution in [2.45, 2.75) is 44.9 Å². The predicted octanol–water partition coefficient (Wildman–Crippen LogP) is 4.38.